The molecule has 182 valence electrons. The molecule has 0 bridgehead atoms. The number of anilines is 1. The van der Waals surface area contributed by atoms with Crippen molar-refractivity contribution in [1.29, 1.82) is 0 Å². The molecule has 3 aromatic carbocycles. The van der Waals surface area contributed by atoms with Crippen LogP contribution in [-0.2, 0) is 16.1 Å². The first kappa shape index (κ1) is 23.3. The van der Waals surface area contributed by atoms with Crippen LogP contribution in [0.4, 0.5) is 10.5 Å². The molecule has 1 aliphatic rings. The van der Waals surface area contributed by atoms with Crippen LogP contribution in [0.25, 0.3) is 22.2 Å². The monoisotopic (exact) mass is 482 g/mol. The second kappa shape index (κ2) is 10.0. The molecule has 36 heavy (non-hydrogen) atoms. The van der Waals surface area contributed by atoms with E-state index in [0.717, 1.165) is 23.1 Å². The molecule has 0 spiro atoms. The first-order valence-electron chi connectivity index (χ1n) is 11.9. The molecular formula is C28H26N4O4. The van der Waals surface area contributed by atoms with Crippen molar-refractivity contribution in [2.45, 2.75) is 32.4 Å². The normalized spacial score (nSPS) is 15.1. The first-order chi connectivity index (χ1) is 17.5. The summed E-state index contributed by atoms with van der Waals surface area (Å²) in [5.74, 6) is -0.241. The first-order valence-corrected chi connectivity index (χ1v) is 11.9. The number of amides is 2. The standard InChI is InChI=1S/C28H26N4O4/c1-18-26(33)31-23-13-12-21(16-24(23)29-18)20-9-5-10-22(15-20)30-27(34)25-11-6-14-32(25)28(35)36-17-19-7-3-2-4-8-19/h2-5,7-10,12-13,15-16,25H,6,11,14,17H2,1H3,(H,30,34)(H,31,33). The zero-order valence-corrected chi connectivity index (χ0v) is 19.9. The third kappa shape index (κ3) is 4.98. The van der Waals surface area contributed by atoms with Gasteiger partial charge >= 0.3 is 6.09 Å². The minimum absolute atomic E-state index is 0.167. The highest BCUT2D eigenvalue weighted by atomic mass is 16.6. The number of ether oxygens (including phenoxy) is 1. The predicted octanol–water partition coefficient (Wildman–Crippen LogP) is 4.64. The quantitative estimate of drug-likeness (QED) is 0.431. The molecular weight excluding hydrogens is 456 g/mol. The van der Waals surface area contributed by atoms with E-state index < -0.39 is 12.1 Å². The molecule has 2 amide bonds. The van der Waals surface area contributed by atoms with Gasteiger partial charge in [-0.15, -0.1) is 0 Å². The molecule has 1 unspecified atom stereocenters. The lowest BCUT2D eigenvalue weighted by Gasteiger charge is -2.23. The Balaban J connectivity index is 1.28. The Labute approximate surface area is 207 Å². The van der Waals surface area contributed by atoms with E-state index in [-0.39, 0.29) is 18.1 Å². The van der Waals surface area contributed by atoms with Gasteiger partial charge in [0.05, 0.1) is 11.0 Å². The van der Waals surface area contributed by atoms with E-state index in [1.165, 1.54) is 4.90 Å². The number of aromatic amines is 1. The summed E-state index contributed by atoms with van der Waals surface area (Å²) >= 11 is 0. The zero-order valence-electron chi connectivity index (χ0n) is 19.9. The number of aromatic nitrogens is 2. The maximum absolute atomic E-state index is 13.1. The molecule has 4 aromatic rings. The molecule has 1 fully saturated rings. The average molecular weight is 483 g/mol. The second-order valence-electron chi connectivity index (χ2n) is 8.84. The Morgan fingerprint density at radius 2 is 1.86 bits per heavy atom. The van der Waals surface area contributed by atoms with E-state index in [4.69, 9.17) is 4.74 Å². The number of nitrogens with zero attached hydrogens (tertiary/aromatic N) is 2. The summed E-state index contributed by atoms with van der Waals surface area (Å²) in [4.78, 5) is 46.3. The van der Waals surface area contributed by atoms with Crippen molar-refractivity contribution in [3.63, 3.8) is 0 Å². The number of rotatable bonds is 5. The molecule has 5 rings (SSSR count). The van der Waals surface area contributed by atoms with Crippen LogP contribution in [-0.4, -0.2) is 39.5 Å². The molecule has 0 radical (unpaired) electrons. The molecule has 1 aliphatic heterocycles. The van der Waals surface area contributed by atoms with Crippen LogP contribution < -0.4 is 10.9 Å². The van der Waals surface area contributed by atoms with Gasteiger partial charge in [0.2, 0.25) is 5.91 Å². The largest absolute Gasteiger partial charge is 0.445 e. The minimum Gasteiger partial charge on any atom is -0.445 e. The third-order valence-electron chi connectivity index (χ3n) is 6.32. The molecule has 2 N–H and O–H groups in total. The lowest BCUT2D eigenvalue weighted by atomic mass is 10.0. The van der Waals surface area contributed by atoms with E-state index >= 15 is 0 Å². The maximum Gasteiger partial charge on any atom is 0.410 e. The van der Waals surface area contributed by atoms with Gasteiger partial charge in [-0.3, -0.25) is 14.5 Å². The number of hydrogen-bond acceptors (Lipinski definition) is 5. The molecule has 0 saturated carbocycles. The lowest BCUT2D eigenvalue weighted by Crippen LogP contribution is -2.43. The van der Waals surface area contributed by atoms with E-state index in [1.807, 2.05) is 72.8 Å². The fourth-order valence-electron chi connectivity index (χ4n) is 4.42. The van der Waals surface area contributed by atoms with Gasteiger partial charge in [0, 0.05) is 12.2 Å². The van der Waals surface area contributed by atoms with Crippen molar-refractivity contribution in [2.75, 3.05) is 11.9 Å². The van der Waals surface area contributed by atoms with Crippen LogP contribution in [0.15, 0.2) is 77.6 Å². The number of hydrogen-bond donors (Lipinski definition) is 2. The van der Waals surface area contributed by atoms with Crippen LogP contribution >= 0.6 is 0 Å². The van der Waals surface area contributed by atoms with Crippen LogP contribution in [0.3, 0.4) is 0 Å². The van der Waals surface area contributed by atoms with Gasteiger partial charge in [0.25, 0.3) is 5.56 Å². The summed E-state index contributed by atoms with van der Waals surface area (Å²) < 4.78 is 5.45. The zero-order chi connectivity index (χ0) is 25.1. The predicted molar refractivity (Wildman–Crippen MR) is 138 cm³/mol. The van der Waals surface area contributed by atoms with Gasteiger partial charge in [-0.1, -0.05) is 48.5 Å². The molecule has 1 atom stereocenters. The Morgan fingerprint density at radius 3 is 2.69 bits per heavy atom. The van der Waals surface area contributed by atoms with Crippen LogP contribution in [0.2, 0.25) is 0 Å². The number of fused-ring (bicyclic) bond motifs is 1. The highest BCUT2D eigenvalue weighted by Crippen LogP contribution is 2.26. The van der Waals surface area contributed by atoms with Gasteiger partial charge in [-0.2, -0.15) is 0 Å². The van der Waals surface area contributed by atoms with Gasteiger partial charge in [0.15, 0.2) is 0 Å². The van der Waals surface area contributed by atoms with E-state index in [9.17, 15) is 14.4 Å². The molecule has 8 heteroatoms. The molecule has 0 aliphatic carbocycles. The smallest absolute Gasteiger partial charge is 0.410 e. The molecule has 8 nitrogen and oxygen atoms in total. The highest BCUT2D eigenvalue weighted by molar-refractivity contribution is 5.97. The SMILES string of the molecule is Cc1nc2cc(-c3cccc(NC(=O)C4CCCN4C(=O)OCc4ccccc4)c3)ccc2[nH]c1=O. The third-order valence-corrected chi connectivity index (χ3v) is 6.32. The van der Waals surface area contributed by atoms with Gasteiger partial charge in [-0.05, 0) is 60.7 Å². The number of benzene rings is 3. The fraction of sp³-hybridized carbons (Fsp3) is 0.214. The van der Waals surface area contributed by atoms with Crippen LogP contribution in [0.1, 0.15) is 24.1 Å². The van der Waals surface area contributed by atoms with Gasteiger partial charge < -0.3 is 15.0 Å². The summed E-state index contributed by atoms with van der Waals surface area (Å²) in [6.07, 6.45) is 0.839. The van der Waals surface area contributed by atoms with E-state index in [1.54, 1.807) is 6.92 Å². The number of carbonyl (C=O) groups is 2. The minimum atomic E-state index is -0.582. The van der Waals surface area contributed by atoms with Crippen molar-refractivity contribution < 1.29 is 14.3 Å². The Bertz CT molecular complexity index is 1480. The fourth-order valence-corrected chi connectivity index (χ4v) is 4.42. The molecule has 1 aromatic heterocycles. The summed E-state index contributed by atoms with van der Waals surface area (Å²) in [6, 6.07) is 22.0. The summed E-state index contributed by atoms with van der Waals surface area (Å²) in [7, 11) is 0. The van der Waals surface area contributed by atoms with Crippen molar-refractivity contribution in [3.8, 4) is 11.1 Å². The Morgan fingerprint density at radius 1 is 1.06 bits per heavy atom. The number of aryl methyl sites for hydroxylation is 1. The topological polar surface area (TPSA) is 104 Å². The highest BCUT2D eigenvalue weighted by Gasteiger charge is 2.35. The van der Waals surface area contributed by atoms with E-state index in [2.05, 4.69) is 15.3 Å². The van der Waals surface area contributed by atoms with Crippen molar-refractivity contribution in [3.05, 3.63) is 94.4 Å². The van der Waals surface area contributed by atoms with Crippen molar-refractivity contribution in [1.82, 2.24) is 14.9 Å². The van der Waals surface area contributed by atoms with Gasteiger partial charge in [0.1, 0.15) is 18.3 Å². The summed E-state index contributed by atoms with van der Waals surface area (Å²) in [5.41, 5.74) is 4.89. The number of carbonyl (C=O) groups excluding carboxylic acids is 2. The van der Waals surface area contributed by atoms with Crippen LogP contribution in [0.5, 0.6) is 0 Å². The number of H-pyrrole nitrogens is 1. The number of nitrogens with one attached hydrogen (secondary N) is 2. The Hall–Kier alpha value is -4.46. The second-order valence-corrected chi connectivity index (χ2v) is 8.84. The maximum atomic E-state index is 13.1. The van der Waals surface area contributed by atoms with E-state index in [0.29, 0.717) is 35.4 Å². The van der Waals surface area contributed by atoms with Crippen LogP contribution in [0, 0.1) is 6.92 Å². The number of likely N-dealkylation sites (tertiary alicyclic amines) is 1. The van der Waals surface area contributed by atoms with Crippen molar-refractivity contribution >= 4 is 28.7 Å². The Kier molecular flexibility index (Phi) is 6.49. The van der Waals surface area contributed by atoms with Crippen molar-refractivity contribution in [2.24, 2.45) is 0 Å². The molecule has 1 saturated heterocycles. The lowest BCUT2D eigenvalue weighted by molar-refractivity contribution is -0.120. The molecule has 2 heterocycles. The summed E-state index contributed by atoms with van der Waals surface area (Å²) in [6.45, 7) is 2.32. The average Bonchev–Trinajstić information content (AvgIpc) is 3.39. The summed E-state index contributed by atoms with van der Waals surface area (Å²) in [5, 5.41) is 2.95. The van der Waals surface area contributed by atoms with Gasteiger partial charge in [-0.25, -0.2) is 9.78 Å².